The molecule has 0 aliphatic rings. The molecular formula is C21H19FN8O. The summed E-state index contributed by atoms with van der Waals surface area (Å²) in [7, 11) is 1.61. The molecule has 0 bridgehead atoms. The van der Waals surface area contributed by atoms with E-state index in [1.165, 1.54) is 12.1 Å². The first-order chi connectivity index (χ1) is 15.2. The Kier molecular flexibility index (Phi) is 6.08. The molecule has 0 aliphatic carbocycles. The van der Waals surface area contributed by atoms with Crippen molar-refractivity contribution in [3.8, 4) is 5.75 Å². The van der Waals surface area contributed by atoms with Gasteiger partial charge in [0.05, 0.1) is 13.3 Å². The van der Waals surface area contributed by atoms with Crippen LogP contribution in [0.2, 0.25) is 0 Å². The molecule has 0 amide bonds. The van der Waals surface area contributed by atoms with Gasteiger partial charge in [0, 0.05) is 24.1 Å². The molecular weight excluding hydrogens is 399 g/mol. The maximum atomic E-state index is 13.2. The zero-order valence-corrected chi connectivity index (χ0v) is 16.6. The molecule has 0 radical (unpaired) electrons. The van der Waals surface area contributed by atoms with Crippen LogP contribution in [-0.4, -0.2) is 32.3 Å². The number of aromatic nitrogens is 5. The van der Waals surface area contributed by atoms with E-state index >= 15 is 0 Å². The van der Waals surface area contributed by atoms with Crippen LogP contribution in [0.5, 0.6) is 5.75 Å². The fourth-order valence-corrected chi connectivity index (χ4v) is 2.64. The lowest BCUT2D eigenvalue weighted by atomic mass is 10.3. The van der Waals surface area contributed by atoms with Gasteiger partial charge in [-0.1, -0.05) is 0 Å². The Balaban J connectivity index is 1.57. The largest absolute Gasteiger partial charge is 0.497 e. The fourth-order valence-electron chi connectivity index (χ4n) is 2.64. The van der Waals surface area contributed by atoms with E-state index in [4.69, 9.17) is 4.74 Å². The molecule has 10 heteroatoms. The highest BCUT2D eigenvalue weighted by Gasteiger charge is 2.08. The van der Waals surface area contributed by atoms with Gasteiger partial charge in [-0.15, -0.1) is 0 Å². The summed E-state index contributed by atoms with van der Waals surface area (Å²) in [5, 5.41) is 17.0. The Bertz CT molecular complexity index is 1120. The van der Waals surface area contributed by atoms with Crippen LogP contribution in [-0.2, 0) is 6.54 Å². The van der Waals surface area contributed by atoms with Crippen molar-refractivity contribution in [3.05, 3.63) is 78.4 Å². The Morgan fingerprint density at radius 3 is 1.97 bits per heavy atom. The molecule has 0 aliphatic heterocycles. The first-order valence-electron chi connectivity index (χ1n) is 9.37. The van der Waals surface area contributed by atoms with Gasteiger partial charge in [-0.25, -0.2) is 4.39 Å². The van der Waals surface area contributed by atoms with Crippen LogP contribution in [0.3, 0.4) is 0 Å². The normalized spacial score (nSPS) is 10.4. The van der Waals surface area contributed by atoms with E-state index in [0.717, 1.165) is 17.0 Å². The van der Waals surface area contributed by atoms with Gasteiger partial charge in [0.25, 0.3) is 0 Å². The Morgan fingerprint density at radius 1 is 0.774 bits per heavy atom. The highest BCUT2D eigenvalue weighted by molar-refractivity contribution is 5.59. The molecule has 3 N–H and O–H groups in total. The van der Waals surface area contributed by atoms with Gasteiger partial charge in [-0.3, -0.25) is 0 Å². The van der Waals surface area contributed by atoms with Gasteiger partial charge in [-0.05, 0) is 60.2 Å². The molecule has 0 atom stereocenters. The summed E-state index contributed by atoms with van der Waals surface area (Å²) < 4.78 is 18.4. The quantitative estimate of drug-likeness (QED) is 0.392. The van der Waals surface area contributed by atoms with E-state index in [1.54, 1.807) is 31.6 Å². The maximum absolute atomic E-state index is 13.2. The summed E-state index contributed by atoms with van der Waals surface area (Å²) in [5.41, 5.74) is 2.35. The van der Waals surface area contributed by atoms with Gasteiger partial charge in [0.2, 0.25) is 17.8 Å². The van der Waals surface area contributed by atoms with Crippen molar-refractivity contribution in [2.75, 3.05) is 23.1 Å². The zero-order valence-electron chi connectivity index (χ0n) is 16.6. The number of benzene rings is 2. The lowest BCUT2D eigenvalue weighted by Gasteiger charge is -2.12. The minimum atomic E-state index is -0.323. The number of methoxy groups -OCH3 is 1. The minimum absolute atomic E-state index is 0.299. The summed E-state index contributed by atoms with van der Waals surface area (Å²) >= 11 is 0. The molecule has 31 heavy (non-hydrogen) atoms. The van der Waals surface area contributed by atoms with Crippen LogP contribution in [0.1, 0.15) is 5.56 Å². The number of nitrogens with one attached hydrogen (secondary N) is 3. The number of hydrogen-bond donors (Lipinski definition) is 3. The average Bonchev–Trinajstić information content (AvgIpc) is 2.80. The first kappa shape index (κ1) is 20.0. The number of rotatable bonds is 8. The number of halogens is 1. The molecule has 156 valence electrons. The van der Waals surface area contributed by atoms with Crippen LogP contribution in [0.4, 0.5) is 33.6 Å². The molecule has 2 aromatic heterocycles. The second-order valence-electron chi connectivity index (χ2n) is 6.40. The van der Waals surface area contributed by atoms with Crippen LogP contribution >= 0.6 is 0 Å². The van der Waals surface area contributed by atoms with Gasteiger partial charge in [0.15, 0.2) is 0 Å². The van der Waals surface area contributed by atoms with Crippen molar-refractivity contribution in [3.63, 3.8) is 0 Å². The predicted octanol–water partition coefficient (Wildman–Crippen LogP) is 3.91. The third kappa shape index (κ3) is 5.60. The highest BCUT2D eigenvalue weighted by Crippen LogP contribution is 2.21. The first-order valence-corrected chi connectivity index (χ1v) is 9.37. The van der Waals surface area contributed by atoms with Crippen molar-refractivity contribution in [2.24, 2.45) is 0 Å². The SMILES string of the molecule is COc1ccc(Nc2nc(NCc3ccnnc3)nc(Nc3ccc(F)cc3)n2)cc1. The smallest absolute Gasteiger partial charge is 0.233 e. The molecule has 9 nitrogen and oxygen atoms in total. The van der Waals surface area contributed by atoms with Crippen molar-refractivity contribution >= 4 is 29.2 Å². The molecule has 0 saturated heterocycles. The minimum Gasteiger partial charge on any atom is -0.497 e. The summed E-state index contributed by atoms with van der Waals surface area (Å²) in [5.74, 6) is 1.41. The van der Waals surface area contributed by atoms with E-state index in [-0.39, 0.29) is 5.82 Å². The Morgan fingerprint density at radius 2 is 1.39 bits per heavy atom. The lowest BCUT2D eigenvalue weighted by molar-refractivity contribution is 0.415. The molecule has 2 heterocycles. The summed E-state index contributed by atoms with van der Waals surface area (Å²) in [6.45, 7) is 0.456. The number of nitrogens with zero attached hydrogens (tertiary/aromatic N) is 5. The van der Waals surface area contributed by atoms with Crippen LogP contribution in [0.15, 0.2) is 67.0 Å². The van der Waals surface area contributed by atoms with Gasteiger partial charge in [0.1, 0.15) is 11.6 Å². The topological polar surface area (TPSA) is 110 Å². The monoisotopic (exact) mass is 418 g/mol. The van der Waals surface area contributed by atoms with Crippen LogP contribution < -0.4 is 20.7 Å². The van der Waals surface area contributed by atoms with E-state index in [2.05, 4.69) is 41.1 Å². The standard InChI is InChI=1S/C21H19FN8O/c1-31-18-8-6-17(7-9-18)27-21-29-19(23-12-14-10-11-24-25-13-14)28-20(30-21)26-16-4-2-15(22)3-5-16/h2-11,13H,12H2,1H3,(H3,23,26,27,28,29,30). The predicted molar refractivity (Wildman–Crippen MR) is 115 cm³/mol. The third-order valence-corrected chi connectivity index (χ3v) is 4.18. The molecule has 4 rings (SSSR count). The zero-order chi connectivity index (χ0) is 21.5. The van der Waals surface area contributed by atoms with Crippen molar-refractivity contribution in [2.45, 2.75) is 6.54 Å². The fraction of sp³-hybridized carbons (Fsp3) is 0.0952. The van der Waals surface area contributed by atoms with E-state index in [9.17, 15) is 4.39 Å². The maximum Gasteiger partial charge on any atom is 0.233 e. The van der Waals surface area contributed by atoms with Crippen LogP contribution in [0.25, 0.3) is 0 Å². The van der Waals surface area contributed by atoms with E-state index < -0.39 is 0 Å². The Labute approximate surface area is 177 Å². The van der Waals surface area contributed by atoms with E-state index in [0.29, 0.717) is 30.1 Å². The number of anilines is 5. The summed E-state index contributed by atoms with van der Waals surface area (Å²) in [6, 6.07) is 15.1. The summed E-state index contributed by atoms with van der Waals surface area (Å²) in [4.78, 5) is 13.2. The molecule has 4 aromatic rings. The van der Waals surface area contributed by atoms with E-state index in [1.807, 2.05) is 30.3 Å². The van der Waals surface area contributed by atoms with Crippen molar-refractivity contribution in [1.29, 1.82) is 0 Å². The second kappa shape index (κ2) is 9.44. The highest BCUT2D eigenvalue weighted by atomic mass is 19.1. The van der Waals surface area contributed by atoms with Gasteiger partial charge < -0.3 is 20.7 Å². The molecule has 0 saturated carbocycles. The second-order valence-corrected chi connectivity index (χ2v) is 6.40. The molecule has 0 spiro atoms. The average molecular weight is 418 g/mol. The lowest BCUT2D eigenvalue weighted by Crippen LogP contribution is -2.10. The van der Waals surface area contributed by atoms with Gasteiger partial charge >= 0.3 is 0 Å². The van der Waals surface area contributed by atoms with Crippen molar-refractivity contribution in [1.82, 2.24) is 25.1 Å². The number of hydrogen-bond acceptors (Lipinski definition) is 9. The van der Waals surface area contributed by atoms with Gasteiger partial charge in [-0.2, -0.15) is 25.1 Å². The third-order valence-electron chi connectivity index (χ3n) is 4.18. The number of ether oxygens (including phenoxy) is 1. The summed E-state index contributed by atoms with van der Waals surface area (Å²) in [6.07, 6.45) is 3.27. The molecule has 0 fully saturated rings. The molecule has 0 unspecified atom stereocenters. The van der Waals surface area contributed by atoms with Crippen molar-refractivity contribution < 1.29 is 9.13 Å². The van der Waals surface area contributed by atoms with Crippen LogP contribution in [0, 0.1) is 5.82 Å². The Hall–Kier alpha value is -4.34. The molecule has 2 aromatic carbocycles.